The second kappa shape index (κ2) is 5.00. The molecule has 6 heteroatoms. The number of carbonyl (C=O) groups excluding carboxylic acids is 1. The van der Waals surface area contributed by atoms with Crippen LogP contribution >= 0.6 is 11.8 Å². The van der Waals surface area contributed by atoms with Crippen molar-refractivity contribution < 1.29 is 14.4 Å². The van der Waals surface area contributed by atoms with Gasteiger partial charge in [-0.2, -0.15) is 0 Å². The number of ether oxygens (including phenoxy) is 1. The molecular weight excluding hydrogens is 180 g/mol. The van der Waals surface area contributed by atoms with Crippen LogP contribution in [0.5, 0.6) is 0 Å². The molecule has 5 nitrogen and oxygen atoms in total. The molecule has 1 heterocycles. The van der Waals surface area contributed by atoms with Crippen molar-refractivity contribution in [2.24, 2.45) is 5.16 Å². The lowest BCUT2D eigenvalue weighted by molar-refractivity contribution is 0.149. The van der Waals surface area contributed by atoms with Gasteiger partial charge in [-0.05, 0) is 0 Å². The topological polar surface area (TPSA) is 59.9 Å². The lowest BCUT2D eigenvalue weighted by Gasteiger charge is -2.11. The number of nitrogens with zero attached hydrogens (tertiary/aromatic N) is 1. The van der Waals surface area contributed by atoms with Gasteiger partial charge in [0.1, 0.15) is 5.04 Å². The summed E-state index contributed by atoms with van der Waals surface area (Å²) in [4.78, 5) is 15.0. The first-order chi connectivity index (χ1) is 5.83. The summed E-state index contributed by atoms with van der Waals surface area (Å²) >= 11 is 1.54. The van der Waals surface area contributed by atoms with E-state index in [2.05, 4.69) is 15.3 Å². The van der Waals surface area contributed by atoms with Gasteiger partial charge in [0.05, 0.1) is 13.2 Å². The van der Waals surface area contributed by atoms with E-state index < -0.39 is 6.09 Å². The van der Waals surface area contributed by atoms with Crippen molar-refractivity contribution in [3.63, 3.8) is 0 Å². The Morgan fingerprint density at radius 3 is 3.25 bits per heavy atom. The molecule has 0 spiro atoms. The SMILES string of the molecule is CNC(=O)O/N=C1/COCCS1. The molecule has 1 amide bonds. The second-order valence-electron chi connectivity index (χ2n) is 2.01. The predicted molar refractivity (Wildman–Crippen MR) is 46.3 cm³/mol. The van der Waals surface area contributed by atoms with Crippen LogP contribution in [0.2, 0.25) is 0 Å². The molecule has 0 atom stereocenters. The lowest BCUT2D eigenvalue weighted by Crippen LogP contribution is -2.20. The molecular formula is C6H10N2O3S. The maximum atomic E-state index is 10.6. The van der Waals surface area contributed by atoms with Crippen LogP contribution in [-0.2, 0) is 9.57 Å². The van der Waals surface area contributed by atoms with Crippen LogP contribution in [0.15, 0.2) is 5.16 Å². The highest BCUT2D eigenvalue weighted by atomic mass is 32.2. The summed E-state index contributed by atoms with van der Waals surface area (Å²) in [5, 5.41) is 6.58. The van der Waals surface area contributed by atoms with Crippen LogP contribution in [0.1, 0.15) is 0 Å². The molecule has 12 heavy (non-hydrogen) atoms. The first-order valence-corrected chi connectivity index (χ1v) is 4.47. The van der Waals surface area contributed by atoms with E-state index >= 15 is 0 Å². The third-order valence-electron chi connectivity index (χ3n) is 1.16. The molecule has 1 saturated heterocycles. The number of hydrogen-bond acceptors (Lipinski definition) is 5. The van der Waals surface area contributed by atoms with Gasteiger partial charge in [0, 0.05) is 12.8 Å². The zero-order valence-electron chi connectivity index (χ0n) is 6.70. The Morgan fingerprint density at radius 1 is 1.83 bits per heavy atom. The molecule has 1 fully saturated rings. The van der Waals surface area contributed by atoms with E-state index in [1.807, 2.05) is 0 Å². The quantitative estimate of drug-likeness (QED) is 0.481. The van der Waals surface area contributed by atoms with Crippen LogP contribution in [0, 0.1) is 0 Å². The molecule has 0 saturated carbocycles. The molecule has 1 N–H and O–H groups in total. The van der Waals surface area contributed by atoms with E-state index in [0.29, 0.717) is 11.7 Å². The molecule has 0 bridgehead atoms. The number of hydrogen-bond donors (Lipinski definition) is 1. The fourth-order valence-electron chi connectivity index (χ4n) is 0.610. The van der Waals surface area contributed by atoms with E-state index in [-0.39, 0.29) is 0 Å². The summed E-state index contributed by atoms with van der Waals surface area (Å²) in [6, 6.07) is 0. The first-order valence-electron chi connectivity index (χ1n) is 3.49. The summed E-state index contributed by atoms with van der Waals surface area (Å²) in [7, 11) is 1.48. The number of oxime groups is 1. The molecule has 68 valence electrons. The standard InChI is InChI=1S/C6H10N2O3S/c1-7-6(9)11-8-5-4-10-2-3-12-5/h2-4H2,1H3,(H,7,9)/b8-5-. The van der Waals surface area contributed by atoms with Crippen LogP contribution in [0.3, 0.4) is 0 Å². The Bertz CT molecular complexity index is 187. The van der Waals surface area contributed by atoms with Crippen LogP contribution in [-0.4, -0.2) is 37.2 Å². The monoisotopic (exact) mass is 190 g/mol. The van der Waals surface area contributed by atoms with E-state index in [4.69, 9.17) is 4.74 Å². The van der Waals surface area contributed by atoms with Crippen LogP contribution in [0.25, 0.3) is 0 Å². The van der Waals surface area contributed by atoms with Gasteiger partial charge < -0.3 is 10.1 Å². The maximum Gasteiger partial charge on any atom is 0.433 e. The largest absolute Gasteiger partial charge is 0.433 e. The fourth-order valence-corrected chi connectivity index (χ4v) is 1.30. The summed E-state index contributed by atoms with van der Waals surface area (Å²) in [5.41, 5.74) is 0. The van der Waals surface area contributed by atoms with Gasteiger partial charge in [-0.3, -0.25) is 4.84 Å². The summed E-state index contributed by atoms with van der Waals surface area (Å²) in [6.45, 7) is 1.16. The number of amides is 1. The lowest BCUT2D eigenvalue weighted by atomic mass is 10.7. The van der Waals surface area contributed by atoms with Gasteiger partial charge in [0.15, 0.2) is 0 Å². The summed E-state index contributed by atoms with van der Waals surface area (Å²) in [6.07, 6.45) is -0.561. The van der Waals surface area contributed by atoms with Crippen LogP contribution in [0.4, 0.5) is 4.79 Å². The van der Waals surface area contributed by atoms with Crippen molar-refractivity contribution in [3.05, 3.63) is 0 Å². The van der Waals surface area contributed by atoms with Gasteiger partial charge >= 0.3 is 6.09 Å². The Balaban J connectivity index is 2.29. The first kappa shape index (κ1) is 9.34. The highest BCUT2D eigenvalue weighted by molar-refractivity contribution is 8.14. The van der Waals surface area contributed by atoms with E-state index in [1.54, 1.807) is 0 Å². The van der Waals surface area contributed by atoms with Gasteiger partial charge in [-0.1, -0.05) is 5.16 Å². The Morgan fingerprint density at radius 2 is 2.67 bits per heavy atom. The van der Waals surface area contributed by atoms with Crippen molar-refractivity contribution in [2.75, 3.05) is 26.0 Å². The van der Waals surface area contributed by atoms with E-state index in [9.17, 15) is 4.79 Å². The minimum absolute atomic E-state index is 0.432. The Hall–Kier alpha value is -0.750. The Kier molecular flexibility index (Phi) is 3.89. The summed E-state index contributed by atoms with van der Waals surface area (Å²) in [5.74, 6) is 0.857. The van der Waals surface area contributed by atoms with Gasteiger partial charge in [-0.15, -0.1) is 11.8 Å². The van der Waals surface area contributed by atoms with Gasteiger partial charge in [0.2, 0.25) is 0 Å². The number of rotatable bonds is 1. The molecule has 1 aliphatic rings. The third-order valence-corrected chi connectivity index (χ3v) is 2.05. The highest BCUT2D eigenvalue weighted by Gasteiger charge is 2.08. The number of carbonyl (C=O) groups is 1. The van der Waals surface area contributed by atoms with Crippen LogP contribution < -0.4 is 5.32 Å². The summed E-state index contributed by atoms with van der Waals surface area (Å²) < 4.78 is 5.08. The Labute approximate surface area is 74.5 Å². The molecule has 1 rings (SSSR count). The third kappa shape index (κ3) is 3.10. The van der Waals surface area contributed by atoms with Gasteiger partial charge in [0.25, 0.3) is 0 Å². The van der Waals surface area contributed by atoms with E-state index in [1.165, 1.54) is 18.8 Å². The van der Waals surface area contributed by atoms with Crippen molar-refractivity contribution in [1.29, 1.82) is 0 Å². The zero-order valence-corrected chi connectivity index (χ0v) is 7.52. The minimum Gasteiger partial charge on any atom is -0.374 e. The average molecular weight is 190 g/mol. The number of nitrogens with one attached hydrogen (secondary N) is 1. The van der Waals surface area contributed by atoms with Crippen molar-refractivity contribution in [2.45, 2.75) is 0 Å². The highest BCUT2D eigenvalue weighted by Crippen LogP contribution is 2.10. The normalized spacial score (nSPS) is 20.6. The second-order valence-corrected chi connectivity index (χ2v) is 3.18. The fraction of sp³-hybridized carbons (Fsp3) is 0.667. The maximum absolute atomic E-state index is 10.6. The smallest absolute Gasteiger partial charge is 0.374 e. The average Bonchev–Trinajstić information content (AvgIpc) is 2.16. The predicted octanol–water partition coefficient (Wildman–Crippen LogP) is 0.419. The minimum atomic E-state index is -0.561. The van der Waals surface area contributed by atoms with Gasteiger partial charge in [-0.25, -0.2) is 4.79 Å². The zero-order chi connectivity index (χ0) is 8.81. The molecule has 0 aromatic heterocycles. The molecule has 0 aromatic carbocycles. The van der Waals surface area contributed by atoms with E-state index in [0.717, 1.165) is 12.4 Å². The molecule has 0 radical (unpaired) electrons. The van der Waals surface area contributed by atoms with Crippen molar-refractivity contribution >= 4 is 22.9 Å². The number of thioether (sulfide) groups is 1. The van der Waals surface area contributed by atoms with Crippen molar-refractivity contribution in [3.8, 4) is 0 Å². The molecule has 0 aliphatic carbocycles. The molecule has 0 aromatic rings. The van der Waals surface area contributed by atoms with Crippen molar-refractivity contribution in [1.82, 2.24) is 5.32 Å². The molecule has 1 aliphatic heterocycles. The molecule has 0 unspecified atom stereocenters.